The summed E-state index contributed by atoms with van der Waals surface area (Å²) in [6.07, 6.45) is 12.6. The number of amides is 1. The molecule has 1 aromatic heterocycles. The maximum Gasteiger partial charge on any atom is 0.220 e. The molecule has 0 radical (unpaired) electrons. The predicted octanol–water partition coefficient (Wildman–Crippen LogP) is 5.61. The van der Waals surface area contributed by atoms with Gasteiger partial charge in [-0.1, -0.05) is 13.8 Å². The molecule has 5 nitrogen and oxygen atoms in total. The summed E-state index contributed by atoms with van der Waals surface area (Å²) in [6.45, 7) is 4.96. The Labute approximate surface area is 190 Å². The monoisotopic (exact) mass is 434 g/mol. The number of piperidine rings is 1. The number of hydrogen-bond acceptors (Lipinski definition) is 4. The van der Waals surface area contributed by atoms with Crippen LogP contribution >= 0.6 is 0 Å². The Morgan fingerprint density at radius 1 is 1.00 bits per heavy atom. The number of nitrogens with zero attached hydrogens (tertiary/aromatic N) is 1. The highest BCUT2D eigenvalue weighted by atomic mass is 16.5. The number of nitrogens with one attached hydrogen (secondary N) is 1. The maximum atomic E-state index is 12.0. The van der Waals surface area contributed by atoms with Gasteiger partial charge < -0.3 is 14.5 Å². The smallest absolute Gasteiger partial charge is 0.220 e. The molecule has 2 heterocycles. The van der Waals surface area contributed by atoms with Crippen molar-refractivity contribution in [2.45, 2.75) is 77.4 Å². The van der Waals surface area contributed by atoms with Gasteiger partial charge in [0.15, 0.2) is 12.2 Å². The van der Waals surface area contributed by atoms with Crippen molar-refractivity contribution in [1.82, 2.24) is 10.3 Å². The molecule has 1 saturated heterocycles. The van der Waals surface area contributed by atoms with Gasteiger partial charge >= 0.3 is 0 Å². The summed E-state index contributed by atoms with van der Waals surface area (Å²) < 4.78 is 12.0. The van der Waals surface area contributed by atoms with Crippen LogP contribution in [0.1, 0.15) is 65.2 Å². The largest absolute Gasteiger partial charge is 0.490 e. The van der Waals surface area contributed by atoms with Crippen molar-refractivity contribution in [3.63, 3.8) is 0 Å². The van der Waals surface area contributed by atoms with E-state index in [-0.39, 0.29) is 22.8 Å². The van der Waals surface area contributed by atoms with Crippen molar-refractivity contribution >= 4 is 5.91 Å². The number of carbonyl (C=O) groups is 1. The van der Waals surface area contributed by atoms with Crippen LogP contribution in [-0.2, 0) is 4.79 Å². The van der Waals surface area contributed by atoms with E-state index in [0.717, 1.165) is 54.1 Å². The molecule has 3 saturated carbocycles. The van der Waals surface area contributed by atoms with Gasteiger partial charge in [-0.15, -0.1) is 0 Å². The van der Waals surface area contributed by atoms with Crippen LogP contribution in [0, 0.1) is 28.6 Å². The Kier molecular flexibility index (Phi) is 4.67. The van der Waals surface area contributed by atoms with Gasteiger partial charge in [-0.05, 0) is 92.4 Å². The second-order valence-corrected chi connectivity index (χ2v) is 11.2. The van der Waals surface area contributed by atoms with E-state index in [1.165, 1.54) is 32.1 Å². The van der Waals surface area contributed by atoms with Crippen molar-refractivity contribution in [2.24, 2.45) is 28.6 Å². The molecule has 6 rings (SSSR count). The minimum absolute atomic E-state index is 0.242. The van der Waals surface area contributed by atoms with Gasteiger partial charge in [0, 0.05) is 23.4 Å². The predicted molar refractivity (Wildman–Crippen MR) is 122 cm³/mol. The molecule has 1 aromatic carbocycles. The van der Waals surface area contributed by atoms with E-state index in [9.17, 15) is 4.79 Å². The van der Waals surface area contributed by atoms with Crippen molar-refractivity contribution in [1.29, 1.82) is 0 Å². The first kappa shape index (κ1) is 20.3. The van der Waals surface area contributed by atoms with E-state index < -0.39 is 0 Å². The van der Waals surface area contributed by atoms with E-state index in [4.69, 9.17) is 9.15 Å². The maximum absolute atomic E-state index is 12.0. The highest BCUT2D eigenvalue weighted by Crippen LogP contribution is 2.64. The third kappa shape index (κ3) is 3.03. The molecule has 170 valence electrons. The molecule has 2 aromatic rings. The lowest BCUT2D eigenvalue weighted by Gasteiger charge is -2.60. The summed E-state index contributed by atoms with van der Waals surface area (Å²) in [4.78, 5) is 16.0. The molecular weight excluding hydrogens is 400 g/mol. The number of hydrogen-bond donors (Lipinski definition) is 1. The molecule has 2 unspecified atom stereocenters. The molecular formula is C27H34N2O3. The van der Waals surface area contributed by atoms with E-state index in [1.807, 2.05) is 0 Å². The minimum atomic E-state index is 0.242. The summed E-state index contributed by atoms with van der Waals surface area (Å²) in [5, 5.41) is 3.34. The van der Waals surface area contributed by atoms with Crippen LogP contribution in [0.15, 0.2) is 41.3 Å². The van der Waals surface area contributed by atoms with E-state index in [2.05, 4.69) is 48.4 Å². The Bertz CT molecular complexity index is 987. The molecule has 1 aliphatic heterocycles. The number of fused-ring (bicyclic) bond motifs is 5. The van der Waals surface area contributed by atoms with Crippen LogP contribution in [0.5, 0.6) is 5.75 Å². The van der Waals surface area contributed by atoms with E-state index in [0.29, 0.717) is 12.5 Å². The van der Waals surface area contributed by atoms with Crippen molar-refractivity contribution < 1.29 is 13.9 Å². The van der Waals surface area contributed by atoms with Crippen LogP contribution in [-0.4, -0.2) is 23.0 Å². The van der Waals surface area contributed by atoms with Crippen molar-refractivity contribution in [3.05, 3.63) is 36.9 Å². The van der Waals surface area contributed by atoms with Crippen LogP contribution in [0.3, 0.4) is 0 Å². The molecule has 5 heteroatoms. The van der Waals surface area contributed by atoms with Crippen molar-refractivity contribution in [3.8, 4) is 17.1 Å². The zero-order valence-corrected chi connectivity index (χ0v) is 19.2. The average molecular weight is 435 g/mol. The summed E-state index contributed by atoms with van der Waals surface area (Å²) in [6, 6.07) is 8.63. The number of oxazole rings is 1. The third-order valence-corrected chi connectivity index (χ3v) is 9.86. The Morgan fingerprint density at radius 3 is 2.59 bits per heavy atom. The van der Waals surface area contributed by atoms with Crippen LogP contribution in [0.25, 0.3) is 11.3 Å². The summed E-state index contributed by atoms with van der Waals surface area (Å²) in [7, 11) is 0. The summed E-state index contributed by atoms with van der Waals surface area (Å²) in [5.41, 5.74) is 1.54. The Hall–Kier alpha value is -2.30. The minimum Gasteiger partial charge on any atom is -0.490 e. The fraction of sp³-hybridized carbons (Fsp3) is 0.630. The molecule has 4 fully saturated rings. The zero-order valence-electron chi connectivity index (χ0n) is 19.2. The van der Waals surface area contributed by atoms with Gasteiger partial charge in [-0.2, -0.15) is 0 Å². The lowest BCUT2D eigenvalue weighted by molar-refractivity contribution is -0.137. The number of carbonyl (C=O) groups excluding carboxylic acids is 1. The van der Waals surface area contributed by atoms with Crippen LogP contribution < -0.4 is 10.1 Å². The second-order valence-electron chi connectivity index (χ2n) is 11.2. The number of aromatic nitrogens is 1. The van der Waals surface area contributed by atoms with E-state index in [1.54, 1.807) is 6.20 Å². The standard InChI is InChI=1S/C27H34N2O3/c1-26-14-12-25(30)29-23(26)9-7-19-20-8-10-24(27(20,2)13-11-21(19)26)32-18-5-3-17(4-6-18)22-15-28-16-31-22/h3-6,15-16,19-21,23-24H,7-14H2,1-2H3,(H,29,30)/t19-,20-,21+,23?,24?,26+,27-/m0/s1. The lowest BCUT2D eigenvalue weighted by Crippen LogP contribution is -2.61. The van der Waals surface area contributed by atoms with Gasteiger partial charge in [0.2, 0.25) is 5.91 Å². The number of ether oxygens (including phenoxy) is 1. The molecule has 1 N–H and O–H groups in total. The fourth-order valence-electron chi connectivity index (χ4n) is 8.07. The molecule has 3 aliphatic carbocycles. The first-order valence-corrected chi connectivity index (χ1v) is 12.4. The first-order valence-electron chi connectivity index (χ1n) is 12.4. The molecule has 7 atom stereocenters. The van der Waals surface area contributed by atoms with Crippen molar-refractivity contribution in [2.75, 3.05) is 0 Å². The lowest BCUT2D eigenvalue weighted by atomic mass is 9.47. The number of rotatable bonds is 3. The third-order valence-electron chi connectivity index (χ3n) is 9.86. The van der Waals surface area contributed by atoms with Gasteiger partial charge in [-0.3, -0.25) is 4.79 Å². The summed E-state index contributed by atoms with van der Waals surface area (Å²) >= 11 is 0. The van der Waals surface area contributed by atoms with Gasteiger partial charge in [-0.25, -0.2) is 4.98 Å². The van der Waals surface area contributed by atoms with Gasteiger partial charge in [0.05, 0.1) is 6.20 Å². The van der Waals surface area contributed by atoms with Gasteiger partial charge in [0.25, 0.3) is 0 Å². The molecule has 0 spiro atoms. The SMILES string of the molecule is C[C@]12CCC(=O)NC1CC[C@@H]1[C@H]2CC[C@]2(C)C(Oc3ccc(-c4cnco4)cc3)CC[C@@H]12. The molecule has 4 aliphatic rings. The van der Waals surface area contributed by atoms with Crippen LogP contribution in [0.4, 0.5) is 0 Å². The quantitative estimate of drug-likeness (QED) is 0.682. The Morgan fingerprint density at radius 2 is 1.81 bits per heavy atom. The topological polar surface area (TPSA) is 64.4 Å². The summed E-state index contributed by atoms with van der Waals surface area (Å²) in [5.74, 6) is 4.23. The fourth-order valence-corrected chi connectivity index (χ4v) is 8.07. The van der Waals surface area contributed by atoms with Gasteiger partial charge in [0.1, 0.15) is 11.9 Å². The Balaban J connectivity index is 1.19. The highest BCUT2D eigenvalue weighted by Gasteiger charge is 2.61. The average Bonchev–Trinajstić information content (AvgIpc) is 3.43. The normalized spacial score (nSPS) is 40.7. The number of benzene rings is 1. The molecule has 0 bridgehead atoms. The molecule has 1 amide bonds. The zero-order chi connectivity index (χ0) is 21.9. The highest BCUT2D eigenvalue weighted by molar-refractivity contribution is 5.77. The molecule has 32 heavy (non-hydrogen) atoms. The first-order chi connectivity index (χ1) is 15.5. The van der Waals surface area contributed by atoms with E-state index >= 15 is 0 Å². The van der Waals surface area contributed by atoms with Crippen LogP contribution in [0.2, 0.25) is 0 Å². The second kappa shape index (κ2) is 7.36.